The van der Waals surface area contributed by atoms with Gasteiger partial charge in [0.25, 0.3) is 5.91 Å². The van der Waals surface area contributed by atoms with Crippen molar-refractivity contribution in [3.63, 3.8) is 0 Å². The average Bonchev–Trinajstić information content (AvgIpc) is 2.89. The topological polar surface area (TPSA) is 46.4 Å². The van der Waals surface area contributed by atoms with Crippen molar-refractivity contribution in [3.8, 4) is 0 Å². The van der Waals surface area contributed by atoms with E-state index in [0.29, 0.717) is 5.65 Å². The number of benzene rings is 1. The van der Waals surface area contributed by atoms with Crippen LogP contribution in [-0.4, -0.2) is 15.3 Å². The number of alkyl halides is 3. The van der Waals surface area contributed by atoms with Crippen LogP contribution < -0.4 is 5.32 Å². The van der Waals surface area contributed by atoms with Crippen molar-refractivity contribution in [3.05, 3.63) is 65.9 Å². The summed E-state index contributed by atoms with van der Waals surface area (Å²) >= 11 is 0. The number of carbonyl (C=O) groups is 1. The Morgan fingerprint density at radius 1 is 1.09 bits per heavy atom. The Morgan fingerprint density at radius 3 is 2.57 bits per heavy atom. The van der Waals surface area contributed by atoms with Gasteiger partial charge in [0, 0.05) is 12.4 Å². The number of pyridine rings is 1. The summed E-state index contributed by atoms with van der Waals surface area (Å²) in [5, 5.41) is 2.18. The lowest BCUT2D eigenvalue weighted by Gasteiger charge is -2.12. The van der Waals surface area contributed by atoms with E-state index in [1.54, 1.807) is 0 Å². The second kappa shape index (κ2) is 5.38. The number of fused-ring (bicyclic) bond motifs is 1. The summed E-state index contributed by atoms with van der Waals surface area (Å²) in [6.07, 6.45) is -2.24. The van der Waals surface area contributed by atoms with Crippen LogP contribution in [0.3, 0.4) is 0 Å². The highest BCUT2D eigenvalue weighted by molar-refractivity contribution is 6.03. The molecule has 4 nitrogen and oxygen atoms in total. The highest BCUT2D eigenvalue weighted by Gasteiger charge is 2.33. The number of carbonyl (C=O) groups excluding carboxylic acids is 1. The Bertz CT molecular complexity index is 886. The second-order valence-corrected chi connectivity index (χ2v) is 4.74. The number of para-hydroxylation sites is 1. The third kappa shape index (κ3) is 3.01. The molecule has 0 unspecified atom stereocenters. The SMILES string of the molecule is O=C(Nc1ccccc1C(F)(F)F)c1cn2cc(F)ccc2n1. The first-order chi connectivity index (χ1) is 10.8. The molecule has 2 heterocycles. The number of nitrogens with zero attached hydrogens (tertiary/aromatic N) is 2. The molecule has 0 atom stereocenters. The summed E-state index contributed by atoms with van der Waals surface area (Å²) in [4.78, 5) is 16.0. The maximum Gasteiger partial charge on any atom is 0.418 e. The van der Waals surface area contributed by atoms with Gasteiger partial charge < -0.3 is 9.72 Å². The quantitative estimate of drug-likeness (QED) is 0.730. The summed E-state index contributed by atoms with van der Waals surface area (Å²) in [5.41, 5.74) is -1.13. The first-order valence-electron chi connectivity index (χ1n) is 6.46. The van der Waals surface area contributed by atoms with Crippen molar-refractivity contribution in [2.75, 3.05) is 5.32 Å². The molecule has 23 heavy (non-hydrogen) atoms. The standard InChI is InChI=1S/C15H9F4N3O/c16-9-5-6-13-20-12(8-22(13)7-9)14(23)21-11-4-2-1-3-10(11)15(17,18)19/h1-8H,(H,21,23). The summed E-state index contributed by atoms with van der Waals surface area (Å²) in [6.45, 7) is 0. The molecule has 3 rings (SSSR count). The number of imidazole rings is 1. The normalized spacial score (nSPS) is 11.7. The van der Waals surface area contributed by atoms with Gasteiger partial charge in [-0.1, -0.05) is 12.1 Å². The molecule has 1 N–H and O–H groups in total. The van der Waals surface area contributed by atoms with E-state index in [1.807, 2.05) is 0 Å². The number of halogens is 4. The van der Waals surface area contributed by atoms with E-state index in [1.165, 1.54) is 34.9 Å². The fourth-order valence-electron chi connectivity index (χ4n) is 2.10. The van der Waals surface area contributed by atoms with Crippen molar-refractivity contribution < 1.29 is 22.4 Å². The van der Waals surface area contributed by atoms with Crippen LogP contribution in [0.1, 0.15) is 16.1 Å². The van der Waals surface area contributed by atoms with Gasteiger partial charge >= 0.3 is 6.18 Å². The molecule has 0 bridgehead atoms. The van der Waals surface area contributed by atoms with E-state index < -0.39 is 23.5 Å². The van der Waals surface area contributed by atoms with Crippen LogP contribution in [0.2, 0.25) is 0 Å². The van der Waals surface area contributed by atoms with Gasteiger partial charge in [-0.15, -0.1) is 0 Å². The highest BCUT2D eigenvalue weighted by Crippen LogP contribution is 2.34. The molecule has 1 amide bonds. The van der Waals surface area contributed by atoms with Crippen molar-refractivity contribution in [1.82, 2.24) is 9.38 Å². The Kier molecular flexibility index (Phi) is 3.51. The molecule has 118 valence electrons. The molecule has 8 heteroatoms. The summed E-state index contributed by atoms with van der Waals surface area (Å²) in [5.74, 6) is -1.34. The number of hydrogen-bond acceptors (Lipinski definition) is 2. The molecular formula is C15H9F4N3O. The van der Waals surface area contributed by atoms with E-state index in [-0.39, 0.29) is 11.4 Å². The van der Waals surface area contributed by atoms with Gasteiger partial charge in [-0.3, -0.25) is 4.79 Å². The lowest BCUT2D eigenvalue weighted by atomic mass is 10.1. The summed E-state index contributed by atoms with van der Waals surface area (Å²) < 4.78 is 53.1. The number of amides is 1. The lowest BCUT2D eigenvalue weighted by Crippen LogP contribution is -2.16. The molecule has 0 aliphatic heterocycles. The predicted molar refractivity (Wildman–Crippen MR) is 74.5 cm³/mol. The largest absolute Gasteiger partial charge is 0.418 e. The maximum atomic E-state index is 13.1. The molecule has 0 aliphatic rings. The van der Waals surface area contributed by atoms with Crippen LogP contribution in [0, 0.1) is 5.82 Å². The Balaban J connectivity index is 1.92. The van der Waals surface area contributed by atoms with Crippen LogP contribution in [0.4, 0.5) is 23.2 Å². The zero-order valence-electron chi connectivity index (χ0n) is 11.4. The Morgan fingerprint density at radius 2 is 1.83 bits per heavy atom. The minimum absolute atomic E-state index is 0.118. The average molecular weight is 323 g/mol. The van der Waals surface area contributed by atoms with Crippen LogP contribution in [0.15, 0.2) is 48.8 Å². The zero-order valence-corrected chi connectivity index (χ0v) is 11.4. The highest BCUT2D eigenvalue weighted by atomic mass is 19.4. The van der Waals surface area contributed by atoms with Crippen molar-refractivity contribution in [1.29, 1.82) is 0 Å². The van der Waals surface area contributed by atoms with Gasteiger partial charge in [0.15, 0.2) is 0 Å². The van der Waals surface area contributed by atoms with Gasteiger partial charge in [0.1, 0.15) is 17.2 Å². The number of anilines is 1. The molecular weight excluding hydrogens is 314 g/mol. The fraction of sp³-hybridized carbons (Fsp3) is 0.0667. The first kappa shape index (κ1) is 15.0. The minimum atomic E-state index is -4.59. The number of rotatable bonds is 2. The van der Waals surface area contributed by atoms with Gasteiger partial charge in [0.05, 0.1) is 11.3 Å². The van der Waals surface area contributed by atoms with E-state index >= 15 is 0 Å². The monoisotopic (exact) mass is 323 g/mol. The molecule has 0 fully saturated rings. The number of aromatic nitrogens is 2. The molecule has 0 radical (unpaired) electrons. The molecule has 0 saturated carbocycles. The minimum Gasteiger partial charge on any atom is -0.320 e. The fourth-order valence-corrected chi connectivity index (χ4v) is 2.10. The molecule has 2 aromatic heterocycles. The van der Waals surface area contributed by atoms with Crippen molar-refractivity contribution in [2.24, 2.45) is 0 Å². The van der Waals surface area contributed by atoms with Gasteiger partial charge in [-0.2, -0.15) is 13.2 Å². The molecule has 0 spiro atoms. The van der Waals surface area contributed by atoms with Gasteiger partial charge in [-0.25, -0.2) is 9.37 Å². The lowest BCUT2D eigenvalue weighted by molar-refractivity contribution is -0.136. The molecule has 3 aromatic rings. The van der Waals surface area contributed by atoms with Crippen LogP contribution >= 0.6 is 0 Å². The molecule has 0 aliphatic carbocycles. The van der Waals surface area contributed by atoms with E-state index in [0.717, 1.165) is 18.3 Å². The Hall–Kier alpha value is -2.90. The third-order valence-electron chi connectivity index (χ3n) is 3.13. The first-order valence-corrected chi connectivity index (χ1v) is 6.46. The molecule has 1 aromatic carbocycles. The van der Waals surface area contributed by atoms with Gasteiger partial charge in [-0.05, 0) is 24.3 Å². The predicted octanol–water partition coefficient (Wildman–Crippen LogP) is 3.74. The summed E-state index contributed by atoms with van der Waals surface area (Å²) in [6, 6.07) is 7.15. The third-order valence-corrected chi connectivity index (χ3v) is 3.13. The maximum absolute atomic E-state index is 13.1. The van der Waals surface area contributed by atoms with E-state index in [4.69, 9.17) is 0 Å². The van der Waals surface area contributed by atoms with Crippen LogP contribution in [-0.2, 0) is 6.18 Å². The van der Waals surface area contributed by atoms with Crippen LogP contribution in [0.25, 0.3) is 5.65 Å². The zero-order chi connectivity index (χ0) is 16.6. The molecule has 0 saturated heterocycles. The number of nitrogens with one attached hydrogen (secondary N) is 1. The second-order valence-electron chi connectivity index (χ2n) is 4.74. The van der Waals surface area contributed by atoms with Crippen molar-refractivity contribution >= 4 is 17.2 Å². The van der Waals surface area contributed by atoms with Gasteiger partial charge in [0.2, 0.25) is 0 Å². The smallest absolute Gasteiger partial charge is 0.320 e. The Labute approximate surface area is 127 Å². The van der Waals surface area contributed by atoms with Crippen molar-refractivity contribution in [2.45, 2.75) is 6.18 Å². The summed E-state index contributed by atoms with van der Waals surface area (Å²) in [7, 11) is 0. The van der Waals surface area contributed by atoms with E-state index in [9.17, 15) is 22.4 Å². The number of hydrogen-bond donors (Lipinski definition) is 1. The van der Waals surface area contributed by atoms with Crippen LogP contribution in [0.5, 0.6) is 0 Å². The van der Waals surface area contributed by atoms with E-state index in [2.05, 4.69) is 10.3 Å².